The Labute approximate surface area is 153 Å². The van der Waals surface area contributed by atoms with E-state index in [0.29, 0.717) is 18.7 Å². The molecule has 5 nitrogen and oxygen atoms in total. The summed E-state index contributed by atoms with van der Waals surface area (Å²) in [5.74, 6) is -0.214. The minimum Gasteiger partial charge on any atom is -0.354 e. The lowest BCUT2D eigenvalue weighted by Gasteiger charge is -2.23. The van der Waals surface area contributed by atoms with E-state index in [1.165, 1.54) is 4.88 Å². The molecule has 0 bridgehead atoms. The third kappa shape index (κ3) is 5.99. The van der Waals surface area contributed by atoms with Gasteiger partial charge in [0.15, 0.2) is 0 Å². The number of carbonyl (C=O) groups excluding carboxylic acids is 2. The van der Waals surface area contributed by atoms with Gasteiger partial charge in [0.05, 0.1) is 6.04 Å². The fourth-order valence-electron chi connectivity index (χ4n) is 2.50. The van der Waals surface area contributed by atoms with E-state index in [-0.39, 0.29) is 24.3 Å². The number of aryl methyl sites for hydroxylation is 1. The van der Waals surface area contributed by atoms with Gasteiger partial charge in [-0.05, 0) is 44.6 Å². The SMILES string of the molecule is Cc1cccc(C(=O)NCCC(=O)NCC(c2cccs2)N(C)C)c1. The van der Waals surface area contributed by atoms with Gasteiger partial charge in [0.1, 0.15) is 0 Å². The lowest BCUT2D eigenvalue weighted by Crippen LogP contribution is -2.36. The van der Waals surface area contributed by atoms with E-state index in [2.05, 4.69) is 21.6 Å². The van der Waals surface area contributed by atoms with Crippen molar-refractivity contribution in [1.29, 1.82) is 0 Å². The minimum atomic E-state index is -0.152. The van der Waals surface area contributed by atoms with E-state index in [9.17, 15) is 9.59 Å². The lowest BCUT2D eigenvalue weighted by molar-refractivity contribution is -0.121. The van der Waals surface area contributed by atoms with Crippen LogP contribution in [-0.2, 0) is 4.79 Å². The second-order valence-corrected chi connectivity index (χ2v) is 7.15. The number of amides is 2. The van der Waals surface area contributed by atoms with Crippen molar-refractivity contribution in [3.05, 3.63) is 57.8 Å². The topological polar surface area (TPSA) is 61.4 Å². The Hall–Kier alpha value is -2.18. The summed E-state index contributed by atoms with van der Waals surface area (Å²) in [6, 6.07) is 11.6. The molecule has 2 N–H and O–H groups in total. The van der Waals surface area contributed by atoms with E-state index >= 15 is 0 Å². The number of benzene rings is 1. The first kappa shape index (κ1) is 19.1. The number of hydrogen-bond donors (Lipinski definition) is 2. The van der Waals surface area contributed by atoms with Crippen molar-refractivity contribution in [2.45, 2.75) is 19.4 Å². The number of rotatable bonds is 8. The van der Waals surface area contributed by atoms with E-state index < -0.39 is 0 Å². The zero-order chi connectivity index (χ0) is 18.2. The number of likely N-dealkylation sites (N-methyl/N-ethyl adjacent to an activating group) is 1. The molecule has 25 heavy (non-hydrogen) atoms. The third-order valence-electron chi connectivity index (χ3n) is 3.91. The average Bonchev–Trinajstić information content (AvgIpc) is 3.08. The van der Waals surface area contributed by atoms with Crippen LogP contribution in [-0.4, -0.2) is 43.9 Å². The molecule has 1 atom stereocenters. The van der Waals surface area contributed by atoms with Crippen LogP contribution >= 0.6 is 11.3 Å². The lowest BCUT2D eigenvalue weighted by atomic mass is 10.1. The normalized spacial score (nSPS) is 12.0. The molecule has 1 aromatic carbocycles. The molecule has 0 saturated heterocycles. The van der Waals surface area contributed by atoms with Crippen molar-refractivity contribution in [3.63, 3.8) is 0 Å². The third-order valence-corrected chi connectivity index (χ3v) is 4.88. The van der Waals surface area contributed by atoms with Gasteiger partial charge in [-0.3, -0.25) is 9.59 Å². The molecular formula is C19H25N3O2S. The highest BCUT2D eigenvalue weighted by atomic mass is 32.1. The molecule has 0 saturated carbocycles. The van der Waals surface area contributed by atoms with Crippen LogP contribution in [0.5, 0.6) is 0 Å². The van der Waals surface area contributed by atoms with Crippen LogP contribution in [0, 0.1) is 6.92 Å². The average molecular weight is 359 g/mol. The number of thiophene rings is 1. The Bertz CT molecular complexity index is 698. The first-order valence-electron chi connectivity index (χ1n) is 8.28. The maximum absolute atomic E-state index is 12.0. The molecule has 0 aliphatic rings. The van der Waals surface area contributed by atoms with E-state index in [0.717, 1.165) is 5.56 Å². The summed E-state index contributed by atoms with van der Waals surface area (Å²) in [7, 11) is 4.00. The molecule has 2 rings (SSSR count). The minimum absolute atomic E-state index is 0.0621. The van der Waals surface area contributed by atoms with Crippen LogP contribution in [0.25, 0.3) is 0 Å². The summed E-state index contributed by atoms with van der Waals surface area (Å²) >= 11 is 1.68. The first-order valence-corrected chi connectivity index (χ1v) is 9.16. The van der Waals surface area contributed by atoms with Crippen molar-refractivity contribution < 1.29 is 9.59 Å². The van der Waals surface area contributed by atoms with Crippen molar-refractivity contribution in [3.8, 4) is 0 Å². The number of nitrogens with zero attached hydrogens (tertiary/aromatic N) is 1. The Balaban J connectivity index is 1.74. The second-order valence-electron chi connectivity index (χ2n) is 6.17. The molecule has 1 unspecified atom stereocenters. The largest absolute Gasteiger partial charge is 0.354 e. The van der Waals surface area contributed by atoms with Crippen molar-refractivity contribution >= 4 is 23.2 Å². The molecular weight excluding hydrogens is 334 g/mol. The molecule has 0 aliphatic heterocycles. The van der Waals surface area contributed by atoms with Crippen molar-refractivity contribution in [1.82, 2.24) is 15.5 Å². The van der Waals surface area contributed by atoms with Crippen LogP contribution in [0.3, 0.4) is 0 Å². The Morgan fingerprint density at radius 3 is 2.60 bits per heavy atom. The summed E-state index contributed by atoms with van der Waals surface area (Å²) in [5, 5.41) is 7.77. The van der Waals surface area contributed by atoms with Gasteiger partial charge in [-0.2, -0.15) is 0 Å². The van der Waals surface area contributed by atoms with Gasteiger partial charge in [0.2, 0.25) is 5.91 Å². The zero-order valence-corrected chi connectivity index (χ0v) is 15.7. The standard InChI is InChI=1S/C19H25N3O2S/c1-14-6-4-7-15(12-14)19(24)20-10-9-18(23)21-13-16(22(2)3)17-8-5-11-25-17/h4-8,11-12,16H,9-10,13H2,1-3H3,(H,20,24)(H,21,23). The van der Waals surface area contributed by atoms with E-state index in [4.69, 9.17) is 0 Å². The maximum atomic E-state index is 12.0. The number of nitrogens with one attached hydrogen (secondary N) is 2. The van der Waals surface area contributed by atoms with Gasteiger partial charge in [-0.25, -0.2) is 0 Å². The molecule has 6 heteroatoms. The Morgan fingerprint density at radius 2 is 1.96 bits per heavy atom. The predicted molar refractivity (Wildman–Crippen MR) is 102 cm³/mol. The van der Waals surface area contributed by atoms with E-state index in [1.54, 1.807) is 17.4 Å². The van der Waals surface area contributed by atoms with Crippen LogP contribution in [0.15, 0.2) is 41.8 Å². The van der Waals surface area contributed by atoms with Gasteiger partial charge in [-0.15, -0.1) is 11.3 Å². The molecule has 0 fully saturated rings. The summed E-state index contributed by atoms with van der Waals surface area (Å²) in [6.45, 7) is 2.82. The molecule has 1 aromatic heterocycles. The molecule has 1 heterocycles. The Morgan fingerprint density at radius 1 is 1.16 bits per heavy atom. The summed E-state index contributed by atoms with van der Waals surface area (Å²) in [6.07, 6.45) is 0.266. The fourth-order valence-corrected chi connectivity index (χ4v) is 3.42. The van der Waals surface area contributed by atoms with Crippen molar-refractivity contribution in [2.24, 2.45) is 0 Å². The molecule has 0 aliphatic carbocycles. The summed E-state index contributed by atoms with van der Waals surface area (Å²) in [4.78, 5) is 27.4. The monoisotopic (exact) mass is 359 g/mol. The fraction of sp³-hybridized carbons (Fsp3) is 0.368. The smallest absolute Gasteiger partial charge is 0.251 e. The van der Waals surface area contributed by atoms with Crippen LogP contribution < -0.4 is 10.6 Å². The van der Waals surface area contributed by atoms with Gasteiger partial charge < -0.3 is 15.5 Å². The van der Waals surface area contributed by atoms with Crippen LogP contribution in [0.2, 0.25) is 0 Å². The van der Waals surface area contributed by atoms with Crippen LogP contribution in [0.4, 0.5) is 0 Å². The molecule has 0 radical (unpaired) electrons. The van der Waals surface area contributed by atoms with Crippen LogP contribution in [0.1, 0.15) is 33.3 Å². The molecule has 2 amide bonds. The summed E-state index contributed by atoms with van der Waals surface area (Å²) in [5.41, 5.74) is 1.65. The number of carbonyl (C=O) groups is 2. The van der Waals surface area contributed by atoms with E-state index in [1.807, 2.05) is 50.7 Å². The Kier molecular flexibility index (Phi) is 7.16. The van der Waals surface area contributed by atoms with Gasteiger partial charge in [0.25, 0.3) is 5.91 Å². The maximum Gasteiger partial charge on any atom is 0.251 e. The molecule has 134 valence electrons. The molecule has 0 spiro atoms. The highest BCUT2D eigenvalue weighted by Gasteiger charge is 2.16. The highest BCUT2D eigenvalue weighted by Crippen LogP contribution is 2.22. The first-order chi connectivity index (χ1) is 12.0. The zero-order valence-electron chi connectivity index (χ0n) is 14.9. The summed E-state index contributed by atoms with van der Waals surface area (Å²) < 4.78 is 0. The highest BCUT2D eigenvalue weighted by molar-refractivity contribution is 7.10. The predicted octanol–water partition coefficient (Wildman–Crippen LogP) is 2.60. The van der Waals surface area contributed by atoms with Gasteiger partial charge in [-0.1, -0.05) is 23.8 Å². The molecule has 2 aromatic rings. The van der Waals surface area contributed by atoms with Crippen molar-refractivity contribution in [2.75, 3.05) is 27.2 Å². The quantitative estimate of drug-likeness (QED) is 0.762. The van der Waals surface area contributed by atoms with Gasteiger partial charge >= 0.3 is 0 Å². The van der Waals surface area contributed by atoms with Gasteiger partial charge in [0, 0.05) is 30.0 Å². The number of hydrogen-bond acceptors (Lipinski definition) is 4. The second kappa shape index (κ2) is 9.34.